The molecule has 2 fully saturated rings. The molecular weight excluding hydrogens is 496 g/mol. The lowest BCUT2D eigenvalue weighted by Crippen LogP contribution is -2.74. The van der Waals surface area contributed by atoms with Gasteiger partial charge in [-0.3, -0.25) is 19.2 Å². The Hall–Kier alpha value is -3.17. The Morgan fingerprint density at radius 1 is 1.40 bits per heavy atom. The number of carboxylic acid groups (broad SMARTS) is 1. The number of thioether (sulfide) groups is 2. The zero-order valence-electron chi connectivity index (χ0n) is 18.9. The van der Waals surface area contributed by atoms with E-state index in [1.165, 1.54) is 40.0 Å². The molecule has 3 amide bonds. The van der Waals surface area contributed by atoms with Crippen LogP contribution in [0.3, 0.4) is 0 Å². The first-order valence-electron chi connectivity index (χ1n) is 10.6. The molecule has 2 aliphatic rings. The maximum atomic E-state index is 12.8. The van der Waals surface area contributed by atoms with Crippen LogP contribution in [-0.2, 0) is 26.2 Å². The van der Waals surface area contributed by atoms with Crippen LogP contribution < -0.4 is 16.4 Å². The van der Waals surface area contributed by atoms with Gasteiger partial charge in [0.15, 0.2) is 0 Å². The lowest BCUT2D eigenvalue weighted by Gasteiger charge is -2.53. The molecule has 0 saturated carbocycles. The summed E-state index contributed by atoms with van der Waals surface area (Å²) in [6, 6.07) is 4.76. The highest BCUT2D eigenvalue weighted by molar-refractivity contribution is 8.00. The molecule has 1 aromatic heterocycles. The van der Waals surface area contributed by atoms with E-state index >= 15 is 0 Å². The number of tetrazole rings is 1. The van der Waals surface area contributed by atoms with Crippen molar-refractivity contribution >= 4 is 52.9 Å². The number of benzene rings is 1. The molecule has 5 N–H and O–H groups in total. The van der Waals surface area contributed by atoms with Gasteiger partial charge in [-0.25, -0.2) is 4.68 Å². The number of carboxylic acids is 1. The van der Waals surface area contributed by atoms with Gasteiger partial charge in [0.2, 0.25) is 22.9 Å². The number of fused-ring (bicyclic) bond motifs is 1. The van der Waals surface area contributed by atoms with Crippen LogP contribution in [0.15, 0.2) is 29.4 Å². The zero-order chi connectivity index (χ0) is 25.3. The number of nitrogens with zero attached hydrogens (tertiary/aromatic N) is 5. The summed E-state index contributed by atoms with van der Waals surface area (Å²) in [6.07, 6.45) is 0. The summed E-state index contributed by atoms with van der Waals surface area (Å²) in [6.45, 7) is 1.40. The fourth-order valence-electron chi connectivity index (χ4n) is 3.86. The molecule has 186 valence electrons. The van der Waals surface area contributed by atoms with E-state index in [4.69, 9.17) is 5.73 Å². The van der Waals surface area contributed by atoms with Crippen molar-refractivity contribution in [3.63, 3.8) is 0 Å². The third-order valence-corrected chi connectivity index (χ3v) is 8.69. The van der Waals surface area contributed by atoms with Crippen molar-refractivity contribution in [1.29, 1.82) is 0 Å². The summed E-state index contributed by atoms with van der Waals surface area (Å²) in [4.78, 5) is 50.5. The summed E-state index contributed by atoms with van der Waals surface area (Å²) >= 11 is 2.53. The molecule has 4 rings (SSSR count). The topological polar surface area (TPSA) is 185 Å². The van der Waals surface area contributed by atoms with E-state index < -0.39 is 29.4 Å². The molecule has 3 heterocycles. The van der Waals surface area contributed by atoms with Gasteiger partial charge >= 0.3 is 5.97 Å². The maximum absolute atomic E-state index is 12.8. The van der Waals surface area contributed by atoms with Crippen LogP contribution in [0.2, 0.25) is 0 Å². The van der Waals surface area contributed by atoms with E-state index in [1.54, 1.807) is 31.3 Å². The van der Waals surface area contributed by atoms with Crippen LogP contribution in [0, 0.1) is 5.41 Å². The van der Waals surface area contributed by atoms with Gasteiger partial charge in [-0.1, -0.05) is 23.9 Å². The average Bonchev–Trinajstić information content (AvgIpc) is 3.24. The summed E-state index contributed by atoms with van der Waals surface area (Å²) < 4.78 is 1.45. The highest BCUT2D eigenvalue weighted by Crippen LogP contribution is 2.44. The molecule has 1 aromatic carbocycles. The molecule has 4 atom stereocenters. The molecule has 2 saturated heterocycles. The smallest absolute Gasteiger partial charge is 0.313 e. The number of aliphatic carboxylic acids is 1. The third-order valence-electron chi connectivity index (χ3n) is 5.80. The number of amides is 3. The number of nitrogens with one attached hydrogen (secondary N) is 2. The predicted octanol–water partition coefficient (Wildman–Crippen LogP) is -0.568. The van der Waals surface area contributed by atoms with Crippen molar-refractivity contribution in [3.05, 3.63) is 29.8 Å². The van der Waals surface area contributed by atoms with Gasteiger partial charge in [-0.05, 0) is 28.1 Å². The quantitative estimate of drug-likeness (QED) is 0.258. The number of nitrogens with two attached hydrogens (primary N) is 1. The molecule has 0 radical (unpaired) electrons. The zero-order valence-corrected chi connectivity index (χ0v) is 20.5. The first kappa shape index (κ1) is 24.9. The van der Waals surface area contributed by atoms with Gasteiger partial charge in [-0.2, -0.15) is 0 Å². The number of hydrogen-bond acceptors (Lipinski definition) is 10. The number of aryl methyl sites for hydroxylation is 1. The lowest BCUT2D eigenvalue weighted by molar-refractivity contribution is -0.157. The Morgan fingerprint density at radius 2 is 2.17 bits per heavy atom. The minimum Gasteiger partial charge on any atom is -0.481 e. The van der Waals surface area contributed by atoms with E-state index in [2.05, 4.69) is 26.2 Å². The second-order valence-electron chi connectivity index (χ2n) is 8.40. The van der Waals surface area contributed by atoms with E-state index in [1.807, 2.05) is 0 Å². The Morgan fingerprint density at radius 3 is 2.83 bits per heavy atom. The average molecular weight is 521 g/mol. The first-order valence-corrected chi connectivity index (χ1v) is 12.6. The summed E-state index contributed by atoms with van der Waals surface area (Å²) in [7, 11) is 1.66. The maximum Gasteiger partial charge on any atom is 0.313 e. The van der Waals surface area contributed by atoms with E-state index in [-0.39, 0.29) is 35.2 Å². The van der Waals surface area contributed by atoms with Gasteiger partial charge in [0.1, 0.15) is 22.9 Å². The summed E-state index contributed by atoms with van der Waals surface area (Å²) in [5.74, 6) is -1.71. The van der Waals surface area contributed by atoms with Crippen LogP contribution in [0.25, 0.3) is 0 Å². The van der Waals surface area contributed by atoms with Crippen LogP contribution in [0.4, 0.5) is 5.69 Å². The molecule has 0 bridgehead atoms. The van der Waals surface area contributed by atoms with Crippen molar-refractivity contribution in [3.8, 4) is 0 Å². The van der Waals surface area contributed by atoms with E-state index in [0.717, 1.165) is 0 Å². The molecule has 3 unspecified atom stereocenters. The molecule has 15 heteroatoms. The molecule has 35 heavy (non-hydrogen) atoms. The van der Waals surface area contributed by atoms with Gasteiger partial charge in [0.25, 0.3) is 0 Å². The molecule has 0 aliphatic carbocycles. The Kier molecular flexibility index (Phi) is 7.00. The van der Waals surface area contributed by atoms with Crippen molar-refractivity contribution in [2.24, 2.45) is 18.2 Å². The number of carbonyl (C=O) groups is 4. The molecule has 13 nitrogen and oxygen atoms in total. The van der Waals surface area contributed by atoms with Crippen molar-refractivity contribution in [1.82, 2.24) is 30.4 Å². The molecular formula is C20H24N8O5S2. The molecule has 2 aromatic rings. The van der Waals surface area contributed by atoms with Gasteiger partial charge in [-0.15, -0.1) is 16.9 Å². The van der Waals surface area contributed by atoms with Crippen LogP contribution in [0.1, 0.15) is 18.5 Å². The number of β-lactam (4-membered cyclic amide) rings is 1. The van der Waals surface area contributed by atoms with E-state index in [0.29, 0.717) is 16.4 Å². The molecule has 2 aliphatic heterocycles. The van der Waals surface area contributed by atoms with Crippen molar-refractivity contribution in [2.45, 2.75) is 29.5 Å². The van der Waals surface area contributed by atoms with Gasteiger partial charge < -0.3 is 26.4 Å². The van der Waals surface area contributed by atoms with Crippen molar-refractivity contribution < 1.29 is 24.3 Å². The SMILES string of the molecule is CC(=O)Nc1cccc(C(N)C(=O)NC2C(=O)N3CC(CSc4nnnn4C)(C(=O)O)CS[C@H]23)c1. The minimum absolute atomic E-state index is 0.0221. The Labute approximate surface area is 208 Å². The largest absolute Gasteiger partial charge is 0.481 e. The summed E-state index contributed by atoms with van der Waals surface area (Å²) in [5.41, 5.74) is 5.91. The second-order valence-corrected chi connectivity index (χ2v) is 10.4. The predicted molar refractivity (Wildman–Crippen MR) is 127 cm³/mol. The van der Waals surface area contributed by atoms with Crippen LogP contribution in [0.5, 0.6) is 0 Å². The van der Waals surface area contributed by atoms with Crippen LogP contribution >= 0.6 is 23.5 Å². The fraction of sp³-hybridized carbons (Fsp3) is 0.450. The normalized spacial score (nSPS) is 24.2. The number of anilines is 1. The minimum atomic E-state index is -1.18. The lowest BCUT2D eigenvalue weighted by atomic mass is 9.89. The van der Waals surface area contributed by atoms with E-state index in [9.17, 15) is 24.3 Å². The van der Waals surface area contributed by atoms with Crippen molar-refractivity contribution in [2.75, 3.05) is 23.4 Å². The monoisotopic (exact) mass is 520 g/mol. The Balaban J connectivity index is 1.38. The molecule has 0 spiro atoms. The first-order chi connectivity index (χ1) is 16.6. The Bertz CT molecular complexity index is 1180. The number of carbonyl (C=O) groups excluding carboxylic acids is 3. The highest BCUT2D eigenvalue weighted by atomic mass is 32.2. The number of hydrogen-bond donors (Lipinski definition) is 4. The van der Waals surface area contributed by atoms with Crippen LogP contribution in [-0.4, -0.2) is 83.4 Å². The fourth-order valence-corrected chi connectivity index (χ4v) is 6.57. The van der Waals surface area contributed by atoms with Gasteiger partial charge in [0, 0.05) is 37.7 Å². The van der Waals surface area contributed by atoms with Gasteiger partial charge in [0.05, 0.1) is 0 Å². The third kappa shape index (κ3) is 4.97. The second kappa shape index (κ2) is 9.83. The highest BCUT2D eigenvalue weighted by Gasteiger charge is 2.57. The standard InChI is InChI=1S/C20H24N8O5S2/c1-10(29)22-12-5-3-4-11(6-12)13(21)15(30)23-14-16(31)28-7-20(18(32)33,8-34-17(14)28)9-35-19-24-25-26-27(19)2/h3-6,13-14,17H,7-9,21H2,1-2H3,(H,22,29)(H,23,30)(H,32,33)/t13?,14?,17-,20?/m1/s1. The summed E-state index contributed by atoms with van der Waals surface area (Å²) in [5, 5.41) is 26.5. The number of rotatable bonds is 8. The number of aromatic nitrogens is 4.